The lowest BCUT2D eigenvalue weighted by Crippen LogP contribution is -1.79. The molecule has 96 valence electrons. The Bertz CT molecular complexity index is 495. The van der Waals surface area contributed by atoms with Gasteiger partial charge in [-0.05, 0) is 50.8 Å². The standard InChI is InChI=1S/2C9H12/c1-7-4-5-8(2)9(3)6-7;1-3-9-6-4-5-8(2)7-9/h4-6H,1-3H3;4-7H,3H2,1-2H3. The molecule has 0 heterocycles. The Morgan fingerprint density at radius 1 is 0.722 bits per heavy atom. The molecule has 0 amide bonds. The number of benzene rings is 2. The van der Waals surface area contributed by atoms with Crippen molar-refractivity contribution >= 4 is 0 Å². The highest BCUT2D eigenvalue weighted by molar-refractivity contribution is 5.28. The monoisotopic (exact) mass is 240 g/mol. The van der Waals surface area contributed by atoms with Crippen LogP contribution in [0.25, 0.3) is 0 Å². The molecule has 0 saturated carbocycles. The van der Waals surface area contributed by atoms with Crippen molar-refractivity contribution < 1.29 is 0 Å². The summed E-state index contributed by atoms with van der Waals surface area (Å²) in [7, 11) is 0. The second kappa shape index (κ2) is 7.00. The first-order chi connectivity index (χ1) is 8.52. The molecule has 2 aromatic rings. The summed E-state index contributed by atoms with van der Waals surface area (Å²) in [4.78, 5) is 0. The van der Waals surface area contributed by atoms with Gasteiger partial charge in [0.2, 0.25) is 0 Å². The highest BCUT2D eigenvalue weighted by Crippen LogP contribution is 2.07. The second-order valence-corrected chi connectivity index (χ2v) is 4.93. The summed E-state index contributed by atoms with van der Waals surface area (Å²) < 4.78 is 0. The lowest BCUT2D eigenvalue weighted by atomic mass is 10.1. The summed E-state index contributed by atoms with van der Waals surface area (Å²) in [5.74, 6) is 0. The molecule has 0 saturated heterocycles. The molecule has 0 aliphatic heterocycles. The van der Waals surface area contributed by atoms with Gasteiger partial charge in [-0.15, -0.1) is 0 Å². The second-order valence-electron chi connectivity index (χ2n) is 4.93. The Hall–Kier alpha value is -1.56. The van der Waals surface area contributed by atoms with E-state index < -0.39 is 0 Å². The molecule has 0 bridgehead atoms. The normalized spacial score (nSPS) is 9.61. The largest absolute Gasteiger partial charge is 0.0617 e. The third kappa shape index (κ3) is 4.75. The third-order valence-corrected chi connectivity index (χ3v) is 3.15. The van der Waals surface area contributed by atoms with E-state index in [4.69, 9.17) is 0 Å². The first-order valence-corrected chi connectivity index (χ1v) is 6.62. The lowest BCUT2D eigenvalue weighted by Gasteiger charge is -1.98. The van der Waals surface area contributed by atoms with Crippen LogP contribution in [0.2, 0.25) is 0 Å². The average Bonchev–Trinajstić information content (AvgIpc) is 2.35. The first-order valence-electron chi connectivity index (χ1n) is 6.62. The van der Waals surface area contributed by atoms with Gasteiger partial charge in [-0.1, -0.05) is 60.5 Å². The van der Waals surface area contributed by atoms with Crippen LogP contribution in [0.5, 0.6) is 0 Å². The van der Waals surface area contributed by atoms with E-state index in [-0.39, 0.29) is 0 Å². The van der Waals surface area contributed by atoms with Crippen molar-refractivity contribution in [3.8, 4) is 0 Å². The molecule has 0 spiro atoms. The molecule has 0 aliphatic rings. The molecular weight excluding hydrogens is 216 g/mol. The van der Waals surface area contributed by atoms with Crippen molar-refractivity contribution in [2.75, 3.05) is 0 Å². The minimum absolute atomic E-state index is 1.14. The number of hydrogen-bond donors (Lipinski definition) is 0. The van der Waals surface area contributed by atoms with E-state index in [1.54, 1.807) is 0 Å². The highest BCUT2D eigenvalue weighted by Gasteiger charge is 1.89. The zero-order chi connectivity index (χ0) is 13.5. The molecule has 2 aromatic carbocycles. The van der Waals surface area contributed by atoms with Crippen LogP contribution in [0.4, 0.5) is 0 Å². The number of rotatable bonds is 1. The van der Waals surface area contributed by atoms with Crippen LogP contribution in [0.1, 0.15) is 34.7 Å². The fraction of sp³-hybridized carbons (Fsp3) is 0.333. The summed E-state index contributed by atoms with van der Waals surface area (Å²) in [5.41, 5.74) is 6.89. The van der Waals surface area contributed by atoms with Gasteiger partial charge in [0.15, 0.2) is 0 Å². The Morgan fingerprint density at radius 3 is 1.83 bits per heavy atom. The van der Waals surface area contributed by atoms with Gasteiger partial charge in [0.25, 0.3) is 0 Å². The number of aryl methyl sites for hydroxylation is 5. The summed E-state index contributed by atoms with van der Waals surface area (Å²) in [5, 5.41) is 0. The van der Waals surface area contributed by atoms with E-state index in [9.17, 15) is 0 Å². The molecule has 0 aromatic heterocycles. The van der Waals surface area contributed by atoms with Crippen molar-refractivity contribution in [3.05, 3.63) is 70.3 Å². The van der Waals surface area contributed by atoms with Crippen LogP contribution >= 0.6 is 0 Å². The quantitative estimate of drug-likeness (QED) is 0.645. The lowest BCUT2D eigenvalue weighted by molar-refractivity contribution is 1.13. The van der Waals surface area contributed by atoms with Crippen molar-refractivity contribution in [1.29, 1.82) is 0 Å². The average molecular weight is 240 g/mol. The number of hydrogen-bond acceptors (Lipinski definition) is 0. The van der Waals surface area contributed by atoms with Crippen molar-refractivity contribution in [2.24, 2.45) is 0 Å². The Labute approximate surface area is 112 Å². The molecular formula is C18H24. The minimum atomic E-state index is 1.14. The van der Waals surface area contributed by atoms with Gasteiger partial charge >= 0.3 is 0 Å². The van der Waals surface area contributed by atoms with E-state index in [2.05, 4.69) is 77.1 Å². The van der Waals surface area contributed by atoms with E-state index >= 15 is 0 Å². The summed E-state index contributed by atoms with van der Waals surface area (Å²) in [6.07, 6.45) is 1.14. The smallest absolute Gasteiger partial charge is 0.0307 e. The van der Waals surface area contributed by atoms with Crippen molar-refractivity contribution in [2.45, 2.75) is 41.0 Å². The van der Waals surface area contributed by atoms with E-state index in [0.717, 1.165) is 6.42 Å². The van der Waals surface area contributed by atoms with E-state index in [1.807, 2.05) is 0 Å². The predicted molar refractivity (Wildman–Crippen MR) is 81.2 cm³/mol. The molecule has 0 unspecified atom stereocenters. The Kier molecular flexibility index (Phi) is 5.64. The maximum Gasteiger partial charge on any atom is -0.0307 e. The predicted octanol–water partition coefficient (Wildman–Crippen LogP) is 5.17. The zero-order valence-corrected chi connectivity index (χ0v) is 12.2. The molecule has 0 fully saturated rings. The van der Waals surface area contributed by atoms with Gasteiger partial charge < -0.3 is 0 Å². The third-order valence-electron chi connectivity index (χ3n) is 3.15. The van der Waals surface area contributed by atoms with Gasteiger partial charge in [0, 0.05) is 0 Å². The molecule has 0 aliphatic carbocycles. The van der Waals surface area contributed by atoms with Gasteiger partial charge in [-0.2, -0.15) is 0 Å². The molecule has 0 atom stereocenters. The fourth-order valence-electron chi connectivity index (χ4n) is 1.82. The van der Waals surface area contributed by atoms with Crippen molar-refractivity contribution in [1.82, 2.24) is 0 Å². The van der Waals surface area contributed by atoms with Crippen molar-refractivity contribution in [3.63, 3.8) is 0 Å². The van der Waals surface area contributed by atoms with Crippen LogP contribution in [-0.2, 0) is 6.42 Å². The summed E-state index contributed by atoms with van der Waals surface area (Å²) in [6, 6.07) is 15.1. The molecule has 0 nitrogen and oxygen atoms in total. The molecule has 0 N–H and O–H groups in total. The fourth-order valence-corrected chi connectivity index (χ4v) is 1.82. The van der Waals surface area contributed by atoms with Gasteiger partial charge in [0.1, 0.15) is 0 Å². The Balaban J connectivity index is 0.000000180. The molecule has 0 radical (unpaired) electrons. The molecule has 0 heteroatoms. The van der Waals surface area contributed by atoms with Crippen LogP contribution in [0, 0.1) is 27.7 Å². The van der Waals surface area contributed by atoms with E-state index in [0.29, 0.717) is 0 Å². The van der Waals surface area contributed by atoms with Gasteiger partial charge in [0.05, 0.1) is 0 Å². The topological polar surface area (TPSA) is 0 Å². The van der Waals surface area contributed by atoms with Crippen LogP contribution < -0.4 is 0 Å². The SMILES string of the molecule is CCc1cccc(C)c1.Cc1ccc(C)c(C)c1. The van der Waals surface area contributed by atoms with Gasteiger partial charge in [-0.25, -0.2) is 0 Å². The maximum atomic E-state index is 2.22. The minimum Gasteiger partial charge on any atom is -0.0617 e. The van der Waals surface area contributed by atoms with Crippen LogP contribution in [-0.4, -0.2) is 0 Å². The maximum absolute atomic E-state index is 2.22. The van der Waals surface area contributed by atoms with Gasteiger partial charge in [-0.3, -0.25) is 0 Å². The molecule has 18 heavy (non-hydrogen) atoms. The summed E-state index contributed by atoms with van der Waals surface area (Å²) in [6.45, 7) is 10.7. The zero-order valence-electron chi connectivity index (χ0n) is 12.2. The first kappa shape index (κ1) is 14.5. The Morgan fingerprint density at radius 2 is 1.39 bits per heavy atom. The van der Waals surface area contributed by atoms with Crippen LogP contribution in [0.3, 0.4) is 0 Å². The van der Waals surface area contributed by atoms with Crippen LogP contribution in [0.15, 0.2) is 42.5 Å². The summed E-state index contributed by atoms with van der Waals surface area (Å²) >= 11 is 0. The van der Waals surface area contributed by atoms with E-state index in [1.165, 1.54) is 27.8 Å². The highest BCUT2D eigenvalue weighted by atomic mass is 13.9. The molecule has 2 rings (SSSR count).